The Morgan fingerprint density at radius 1 is 1.44 bits per heavy atom. The molecule has 0 heterocycles. The molecule has 0 saturated carbocycles. The quantitative estimate of drug-likeness (QED) is 0.866. The van der Waals surface area contributed by atoms with Crippen LogP contribution in [-0.4, -0.2) is 19.1 Å². The normalized spacial score (nSPS) is 14.9. The van der Waals surface area contributed by atoms with Crippen LogP contribution < -0.4 is 10.5 Å². The Morgan fingerprint density at radius 2 is 2.06 bits per heavy atom. The van der Waals surface area contributed by atoms with Crippen LogP contribution in [0.5, 0.6) is 5.75 Å². The molecular formula is C11H14F3NO. The topological polar surface area (TPSA) is 35.2 Å². The van der Waals surface area contributed by atoms with Crippen molar-refractivity contribution in [1.82, 2.24) is 0 Å². The Kier molecular flexibility index (Phi) is 3.80. The van der Waals surface area contributed by atoms with Gasteiger partial charge in [-0.1, -0.05) is 6.07 Å². The first-order valence-electron chi connectivity index (χ1n) is 4.76. The molecule has 0 fully saturated rings. The maximum atomic E-state index is 13.1. The highest BCUT2D eigenvalue weighted by Crippen LogP contribution is 2.23. The number of halogens is 3. The number of hydrogen-bond acceptors (Lipinski definition) is 2. The molecule has 0 aliphatic heterocycles. The average molecular weight is 233 g/mol. The fraction of sp³-hybridized carbons (Fsp3) is 0.455. The zero-order valence-electron chi connectivity index (χ0n) is 9.14. The van der Waals surface area contributed by atoms with Crippen molar-refractivity contribution in [2.45, 2.75) is 25.3 Å². The Bertz CT molecular complexity index is 366. The van der Waals surface area contributed by atoms with E-state index in [2.05, 4.69) is 0 Å². The second-order valence-electron chi connectivity index (χ2n) is 3.95. The lowest BCUT2D eigenvalue weighted by molar-refractivity contribution is 0.0639. The van der Waals surface area contributed by atoms with Gasteiger partial charge in [0.25, 0.3) is 6.43 Å². The predicted molar refractivity (Wildman–Crippen MR) is 55.3 cm³/mol. The second kappa shape index (κ2) is 4.74. The van der Waals surface area contributed by atoms with E-state index in [4.69, 9.17) is 10.5 Å². The minimum Gasteiger partial charge on any atom is -0.494 e. The van der Waals surface area contributed by atoms with Crippen molar-refractivity contribution in [3.8, 4) is 5.75 Å². The van der Waals surface area contributed by atoms with Gasteiger partial charge in [0.05, 0.1) is 12.6 Å². The molecule has 0 bridgehead atoms. The molecule has 16 heavy (non-hydrogen) atoms. The molecule has 2 N–H and O–H groups in total. The van der Waals surface area contributed by atoms with Crippen molar-refractivity contribution in [2.24, 2.45) is 5.73 Å². The number of hydrogen-bond donors (Lipinski definition) is 1. The van der Waals surface area contributed by atoms with Crippen molar-refractivity contribution in [2.75, 3.05) is 7.11 Å². The van der Waals surface area contributed by atoms with Crippen molar-refractivity contribution < 1.29 is 17.9 Å². The zero-order valence-corrected chi connectivity index (χ0v) is 9.14. The molecule has 0 aliphatic carbocycles. The Balaban J connectivity index is 2.90. The summed E-state index contributed by atoms with van der Waals surface area (Å²) >= 11 is 0. The third-order valence-electron chi connectivity index (χ3n) is 2.30. The van der Waals surface area contributed by atoms with Gasteiger partial charge in [0.1, 0.15) is 0 Å². The highest BCUT2D eigenvalue weighted by molar-refractivity contribution is 5.31. The molecule has 1 unspecified atom stereocenters. The van der Waals surface area contributed by atoms with Crippen LogP contribution in [0, 0.1) is 5.82 Å². The second-order valence-corrected chi connectivity index (χ2v) is 3.95. The van der Waals surface area contributed by atoms with E-state index in [1.54, 1.807) is 0 Å². The van der Waals surface area contributed by atoms with E-state index < -0.39 is 17.8 Å². The Morgan fingerprint density at radius 3 is 2.56 bits per heavy atom. The molecule has 1 aromatic rings. The lowest BCUT2D eigenvalue weighted by Crippen LogP contribution is -2.45. The van der Waals surface area contributed by atoms with Gasteiger partial charge in [0, 0.05) is 0 Å². The number of rotatable bonds is 4. The van der Waals surface area contributed by atoms with Crippen LogP contribution in [0.4, 0.5) is 13.2 Å². The van der Waals surface area contributed by atoms with Crippen LogP contribution in [0.2, 0.25) is 0 Å². The van der Waals surface area contributed by atoms with Gasteiger partial charge in [-0.25, -0.2) is 13.2 Å². The summed E-state index contributed by atoms with van der Waals surface area (Å²) in [5.41, 5.74) is 4.33. The van der Waals surface area contributed by atoms with Crippen LogP contribution in [-0.2, 0) is 6.42 Å². The summed E-state index contributed by atoms with van der Waals surface area (Å²) in [6, 6.07) is 3.98. The van der Waals surface area contributed by atoms with Gasteiger partial charge in [-0.05, 0) is 31.0 Å². The van der Waals surface area contributed by atoms with Gasteiger partial charge in [0.15, 0.2) is 11.6 Å². The van der Waals surface area contributed by atoms with Gasteiger partial charge in [-0.2, -0.15) is 0 Å². The third kappa shape index (κ3) is 2.88. The van der Waals surface area contributed by atoms with Gasteiger partial charge in [0.2, 0.25) is 0 Å². The summed E-state index contributed by atoms with van der Waals surface area (Å²) in [6.45, 7) is 1.26. The minimum absolute atomic E-state index is 0.0302. The molecule has 5 heteroatoms. The smallest absolute Gasteiger partial charge is 0.256 e. The number of nitrogens with two attached hydrogens (primary N) is 1. The summed E-state index contributed by atoms with van der Waals surface area (Å²) in [6.07, 6.45) is -2.68. The third-order valence-corrected chi connectivity index (χ3v) is 2.30. The maximum Gasteiger partial charge on any atom is 0.256 e. The molecule has 1 rings (SSSR count). The van der Waals surface area contributed by atoms with E-state index in [-0.39, 0.29) is 12.2 Å². The molecule has 1 atom stereocenters. The molecule has 0 aliphatic rings. The summed E-state index contributed by atoms with van der Waals surface area (Å²) in [5, 5.41) is 0. The zero-order chi connectivity index (χ0) is 12.3. The Labute approximate surface area is 92.2 Å². The molecule has 0 aromatic heterocycles. The van der Waals surface area contributed by atoms with E-state index in [0.717, 1.165) is 0 Å². The summed E-state index contributed by atoms with van der Waals surface area (Å²) in [4.78, 5) is 0. The minimum atomic E-state index is -2.64. The standard InChI is InChI=1S/C11H14F3NO/c1-11(15,10(13)14)6-7-3-4-8(12)9(5-7)16-2/h3-5,10H,6,15H2,1-2H3. The maximum absolute atomic E-state index is 13.1. The number of methoxy groups -OCH3 is 1. The number of alkyl halides is 2. The SMILES string of the molecule is COc1cc(CC(C)(N)C(F)F)ccc1F. The van der Waals surface area contributed by atoms with Crippen molar-refractivity contribution in [1.29, 1.82) is 0 Å². The van der Waals surface area contributed by atoms with Gasteiger partial charge in [-0.15, -0.1) is 0 Å². The molecule has 2 nitrogen and oxygen atoms in total. The predicted octanol–water partition coefficient (Wildman–Crippen LogP) is 2.36. The number of ether oxygens (including phenoxy) is 1. The molecule has 0 spiro atoms. The molecule has 1 aromatic carbocycles. The lowest BCUT2D eigenvalue weighted by Gasteiger charge is -2.23. The van der Waals surface area contributed by atoms with E-state index in [1.807, 2.05) is 0 Å². The van der Waals surface area contributed by atoms with Crippen LogP contribution in [0.1, 0.15) is 12.5 Å². The van der Waals surface area contributed by atoms with Crippen molar-refractivity contribution >= 4 is 0 Å². The van der Waals surface area contributed by atoms with Crippen molar-refractivity contribution in [3.63, 3.8) is 0 Å². The van der Waals surface area contributed by atoms with Crippen LogP contribution in [0.25, 0.3) is 0 Å². The Hall–Kier alpha value is -1.23. The number of benzene rings is 1. The first-order chi connectivity index (χ1) is 7.36. The average Bonchev–Trinajstić information content (AvgIpc) is 2.20. The molecule has 90 valence electrons. The fourth-order valence-electron chi connectivity index (χ4n) is 1.33. The monoisotopic (exact) mass is 233 g/mol. The van der Waals surface area contributed by atoms with Crippen LogP contribution in [0.15, 0.2) is 18.2 Å². The van der Waals surface area contributed by atoms with Crippen LogP contribution >= 0.6 is 0 Å². The fourth-order valence-corrected chi connectivity index (χ4v) is 1.33. The highest BCUT2D eigenvalue weighted by Gasteiger charge is 2.30. The summed E-state index contributed by atoms with van der Waals surface area (Å²) in [7, 11) is 1.32. The summed E-state index contributed by atoms with van der Waals surface area (Å²) in [5.74, 6) is -0.496. The van der Waals surface area contributed by atoms with E-state index in [1.165, 1.54) is 32.2 Å². The first-order valence-corrected chi connectivity index (χ1v) is 4.76. The first kappa shape index (κ1) is 12.8. The summed E-state index contributed by atoms with van der Waals surface area (Å²) < 4.78 is 42.9. The molecule has 0 amide bonds. The van der Waals surface area contributed by atoms with Crippen molar-refractivity contribution in [3.05, 3.63) is 29.6 Å². The molecule has 0 radical (unpaired) electrons. The van der Waals surface area contributed by atoms with E-state index in [9.17, 15) is 13.2 Å². The van der Waals surface area contributed by atoms with Gasteiger partial charge >= 0.3 is 0 Å². The van der Waals surface area contributed by atoms with Gasteiger partial charge in [-0.3, -0.25) is 0 Å². The molecule has 0 saturated heterocycles. The highest BCUT2D eigenvalue weighted by atomic mass is 19.3. The lowest BCUT2D eigenvalue weighted by atomic mass is 9.94. The van der Waals surface area contributed by atoms with E-state index >= 15 is 0 Å². The van der Waals surface area contributed by atoms with E-state index in [0.29, 0.717) is 5.56 Å². The largest absolute Gasteiger partial charge is 0.494 e. The van der Waals surface area contributed by atoms with Crippen LogP contribution in [0.3, 0.4) is 0 Å². The van der Waals surface area contributed by atoms with Gasteiger partial charge < -0.3 is 10.5 Å². The molecular weight excluding hydrogens is 219 g/mol.